The maximum absolute atomic E-state index is 9.48. The van der Waals surface area contributed by atoms with E-state index in [9.17, 15) is 5.11 Å². The minimum atomic E-state index is 0.164. The predicted octanol–water partition coefficient (Wildman–Crippen LogP) is 6.03. The molecule has 0 saturated carbocycles. The zero-order valence-electron chi connectivity index (χ0n) is 13.1. The van der Waals surface area contributed by atoms with Gasteiger partial charge in [-0.1, -0.05) is 39.0 Å². The van der Waals surface area contributed by atoms with Crippen molar-refractivity contribution in [2.75, 3.05) is 0 Å². The number of phenols is 1. The van der Waals surface area contributed by atoms with Crippen LogP contribution in [0.3, 0.4) is 0 Å². The van der Waals surface area contributed by atoms with E-state index in [1.165, 1.54) is 0 Å². The Labute approximate surface area is 151 Å². The lowest BCUT2D eigenvalue weighted by Gasteiger charge is -2.09. The number of halogens is 2. The van der Waals surface area contributed by atoms with Crippen molar-refractivity contribution in [2.45, 2.75) is 25.8 Å². The Kier molecular flexibility index (Phi) is 5.89. The van der Waals surface area contributed by atoms with Crippen molar-refractivity contribution in [3.05, 3.63) is 46.9 Å². The molecule has 0 amide bonds. The highest BCUT2D eigenvalue weighted by Crippen LogP contribution is 2.32. The lowest BCUT2D eigenvalue weighted by molar-refractivity contribution is 0.475. The van der Waals surface area contributed by atoms with Crippen LogP contribution in [0.25, 0.3) is 22.6 Å². The zero-order chi connectivity index (χ0) is 17.0. The van der Waals surface area contributed by atoms with Gasteiger partial charge in [-0.05, 0) is 39.2 Å². The lowest BCUT2D eigenvalue weighted by Crippen LogP contribution is -1.99. The van der Waals surface area contributed by atoms with E-state index >= 15 is 0 Å². The van der Waals surface area contributed by atoms with Gasteiger partial charge < -0.3 is 9.52 Å². The van der Waals surface area contributed by atoms with Gasteiger partial charge in [-0.3, -0.25) is 0 Å². The fourth-order valence-electron chi connectivity index (χ4n) is 1.68. The van der Waals surface area contributed by atoms with Gasteiger partial charge in [0.05, 0.1) is 4.47 Å². The topological polar surface area (TPSA) is 46.3 Å². The fourth-order valence-corrected chi connectivity index (χ4v) is 2.20. The van der Waals surface area contributed by atoms with Crippen molar-refractivity contribution in [3.8, 4) is 17.2 Å². The van der Waals surface area contributed by atoms with E-state index in [2.05, 4.69) is 41.7 Å². The summed E-state index contributed by atoms with van der Waals surface area (Å²) in [6.45, 7) is 6.37. The molecular formula is C17H17BrClNO2Si. The van der Waals surface area contributed by atoms with E-state index in [1.54, 1.807) is 12.1 Å². The second-order valence-electron chi connectivity index (χ2n) is 6.01. The quantitative estimate of drug-likeness (QED) is 0.394. The summed E-state index contributed by atoms with van der Waals surface area (Å²) in [5.74, 6) is 0.712. The normalized spacial score (nSPS) is 11.2. The Morgan fingerprint density at radius 2 is 1.78 bits per heavy atom. The summed E-state index contributed by atoms with van der Waals surface area (Å²) in [4.78, 5) is 4.35. The second-order valence-corrected chi connectivity index (χ2v) is 9.12. The van der Waals surface area contributed by atoms with Gasteiger partial charge in [0.1, 0.15) is 11.3 Å². The number of phenolic OH excluding ortho intramolecular Hbond substituents is 1. The zero-order valence-corrected chi connectivity index (χ0v) is 16.4. The molecule has 0 aliphatic carbocycles. The predicted molar refractivity (Wildman–Crippen MR) is 100 cm³/mol. The molecule has 0 fully saturated rings. The highest BCUT2D eigenvalue weighted by molar-refractivity contribution is 9.10. The Balaban J connectivity index is 0.000000277. The Morgan fingerprint density at radius 1 is 1.17 bits per heavy atom. The molecule has 2 radical (unpaired) electrons. The first-order valence-corrected chi connectivity index (χ1v) is 9.83. The van der Waals surface area contributed by atoms with Crippen molar-refractivity contribution in [1.29, 1.82) is 0 Å². The van der Waals surface area contributed by atoms with Crippen LogP contribution in [0.2, 0.25) is 5.04 Å². The molecule has 1 heterocycles. The number of hydrogen-bond acceptors (Lipinski definition) is 3. The van der Waals surface area contributed by atoms with Crippen LogP contribution >= 0.6 is 27.0 Å². The summed E-state index contributed by atoms with van der Waals surface area (Å²) in [5.41, 5.74) is 2.19. The smallest absolute Gasteiger partial charge is 0.227 e. The first kappa shape index (κ1) is 18.0. The van der Waals surface area contributed by atoms with Gasteiger partial charge in [0, 0.05) is 11.6 Å². The van der Waals surface area contributed by atoms with E-state index in [0.717, 1.165) is 5.56 Å². The first-order valence-electron chi connectivity index (χ1n) is 7.02. The molecule has 23 heavy (non-hydrogen) atoms. The van der Waals surface area contributed by atoms with Crippen molar-refractivity contribution in [3.63, 3.8) is 0 Å². The molecule has 1 N–H and O–H groups in total. The summed E-state index contributed by atoms with van der Waals surface area (Å²) in [7, 11) is 0.539. The molecule has 3 rings (SSSR count). The SMILES string of the molecule is CC(C)(C)[Si]Cl.Oc1cc(Br)c2oc(-c3ccccc3)nc2c1. The van der Waals surface area contributed by atoms with Gasteiger partial charge in [0.2, 0.25) is 5.89 Å². The van der Waals surface area contributed by atoms with Crippen LogP contribution < -0.4 is 0 Å². The van der Waals surface area contributed by atoms with E-state index < -0.39 is 0 Å². The van der Waals surface area contributed by atoms with Crippen molar-refractivity contribution in [1.82, 2.24) is 4.98 Å². The largest absolute Gasteiger partial charge is 0.508 e. The van der Waals surface area contributed by atoms with Crippen LogP contribution in [0.15, 0.2) is 51.4 Å². The van der Waals surface area contributed by atoms with Crippen LogP contribution in [0.4, 0.5) is 0 Å². The summed E-state index contributed by atoms with van der Waals surface area (Å²) in [6, 6.07) is 12.8. The molecule has 1 aromatic heterocycles. The van der Waals surface area contributed by atoms with Gasteiger partial charge >= 0.3 is 0 Å². The molecule has 0 atom stereocenters. The molecule has 3 aromatic rings. The molecule has 0 saturated heterocycles. The minimum absolute atomic E-state index is 0.164. The van der Waals surface area contributed by atoms with Crippen molar-refractivity contribution >= 4 is 46.9 Å². The van der Waals surface area contributed by atoms with E-state index in [4.69, 9.17) is 15.5 Å². The van der Waals surface area contributed by atoms with Crippen LogP contribution in [0.1, 0.15) is 20.8 Å². The second kappa shape index (κ2) is 7.51. The lowest BCUT2D eigenvalue weighted by atomic mass is 10.2. The summed E-state index contributed by atoms with van der Waals surface area (Å²) in [5, 5.41) is 9.81. The van der Waals surface area contributed by atoms with Crippen LogP contribution in [-0.2, 0) is 0 Å². The molecule has 0 aliphatic heterocycles. The minimum Gasteiger partial charge on any atom is -0.508 e. The number of nitrogens with zero attached hydrogens (tertiary/aromatic N) is 1. The van der Waals surface area contributed by atoms with Crippen molar-refractivity contribution < 1.29 is 9.52 Å². The van der Waals surface area contributed by atoms with Gasteiger partial charge in [-0.15, -0.1) is 0 Å². The summed E-state index contributed by atoms with van der Waals surface area (Å²) >= 11 is 8.85. The number of oxazole rings is 1. The Morgan fingerprint density at radius 3 is 2.35 bits per heavy atom. The van der Waals surface area contributed by atoms with Crippen molar-refractivity contribution in [2.24, 2.45) is 0 Å². The van der Waals surface area contributed by atoms with Crippen LogP contribution in [0, 0.1) is 0 Å². The molecular weight excluding hydrogens is 394 g/mol. The van der Waals surface area contributed by atoms with Gasteiger partial charge in [-0.25, -0.2) is 4.98 Å². The maximum atomic E-state index is 9.48. The third-order valence-corrected chi connectivity index (χ3v) is 5.59. The van der Waals surface area contributed by atoms with E-state index in [0.29, 0.717) is 35.3 Å². The van der Waals surface area contributed by atoms with Gasteiger partial charge in [0.15, 0.2) is 14.4 Å². The average molecular weight is 411 g/mol. The average Bonchev–Trinajstić information content (AvgIpc) is 2.92. The van der Waals surface area contributed by atoms with Crippen LogP contribution in [0.5, 0.6) is 5.75 Å². The summed E-state index contributed by atoms with van der Waals surface area (Å²) in [6.07, 6.45) is 0. The molecule has 2 aromatic carbocycles. The molecule has 3 nitrogen and oxygen atoms in total. The highest BCUT2D eigenvalue weighted by atomic mass is 79.9. The number of fused-ring (bicyclic) bond motifs is 1. The summed E-state index contributed by atoms with van der Waals surface area (Å²) < 4.78 is 6.37. The number of benzene rings is 2. The Bertz CT molecular complexity index is 784. The Hall–Kier alpha value is -1.30. The van der Waals surface area contributed by atoms with Gasteiger partial charge in [-0.2, -0.15) is 11.1 Å². The number of aromatic nitrogens is 1. The molecule has 0 unspecified atom stereocenters. The third-order valence-electron chi connectivity index (χ3n) is 2.73. The maximum Gasteiger partial charge on any atom is 0.227 e. The molecule has 0 bridgehead atoms. The molecule has 6 heteroatoms. The first-order chi connectivity index (χ1) is 10.8. The number of aromatic hydroxyl groups is 1. The fraction of sp³-hybridized carbons (Fsp3) is 0.235. The molecule has 0 aliphatic rings. The monoisotopic (exact) mass is 409 g/mol. The van der Waals surface area contributed by atoms with Crippen LogP contribution in [-0.4, -0.2) is 18.9 Å². The highest BCUT2D eigenvalue weighted by Gasteiger charge is 2.11. The third kappa shape index (κ3) is 5.09. The molecule has 0 spiro atoms. The number of rotatable bonds is 1. The molecule has 120 valence electrons. The van der Waals surface area contributed by atoms with E-state index in [-0.39, 0.29) is 5.75 Å². The number of hydrogen-bond donors (Lipinski definition) is 1. The standard InChI is InChI=1S/C13H8BrNO2.C4H9ClSi/c14-10-6-9(16)7-11-12(10)17-13(15-11)8-4-2-1-3-5-8;1-4(2,3)6-5/h1-7,16H;1-3H3. The van der Waals surface area contributed by atoms with E-state index in [1.807, 2.05) is 30.3 Å². The van der Waals surface area contributed by atoms with Gasteiger partial charge in [0.25, 0.3) is 0 Å².